The minimum Gasteiger partial charge on any atom is -0.412 e. The maximum Gasteiger partial charge on any atom is 1.00 e. The summed E-state index contributed by atoms with van der Waals surface area (Å²) in [6, 6.07) is 0. The van der Waals surface area contributed by atoms with E-state index < -0.39 is 5.09 Å². The molecule has 0 saturated carbocycles. The largest absolute Gasteiger partial charge is 1.00 e. The van der Waals surface area contributed by atoms with E-state index in [4.69, 9.17) is 15.3 Å². The van der Waals surface area contributed by atoms with Gasteiger partial charge in [0.2, 0.25) is 0 Å². The summed E-state index contributed by atoms with van der Waals surface area (Å²) >= 11 is 0. The average molecular weight is 123 g/mol. The van der Waals surface area contributed by atoms with Crippen molar-refractivity contribution in [2.75, 3.05) is 0 Å². The molecule has 0 aliphatic rings. The Balaban J connectivity index is -0.00000000750. The molecule has 0 saturated heterocycles. The molecule has 0 amide bonds. The van der Waals surface area contributed by atoms with Crippen molar-refractivity contribution in [3.05, 3.63) is 15.3 Å². The SMILES string of the molecule is O.O.O.O=[N+]([O-])[O-].[Li+]. The van der Waals surface area contributed by atoms with Crippen LogP contribution in [0.25, 0.3) is 0 Å². The van der Waals surface area contributed by atoms with Gasteiger partial charge in [0.15, 0.2) is 0 Å². The van der Waals surface area contributed by atoms with Gasteiger partial charge in [-0.2, -0.15) is 0 Å². The number of hydrogen-bond acceptors (Lipinski definition) is 3. The van der Waals surface area contributed by atoms with Crippen molar-refractivity contribution >= 4 is 0 Å². The molecule has 0 atom stereocenters. The summed E-state index contributed by atoms with van der Waals surface area (Å²) in [4.78, 5) is 8.25. The summed E-state index contributed by atoms with van der Waals surface area (Å²) in [7, 11) is 0. The average Bonchev–Trinajstić information content (AvgIpc) is 0.811. The predicted molar refractivity (Wildman–Crippen MR) is 21.2 cm³/mol. The predicted octanol–water partition coefficient (Wildman–Crippen LogP) is -5.71. The molecule has 0 spiro atoms. The molecule has 0 aromatic rings. The van der Waals surface area contributed by atoms with E-state index in [0.717, 1.165) is 0 Å². The standard InChI is InChI=1S/Li.NO3.3H2O/c;2-1(3)4;;;/h;;3*1H2/q+1;-1;;;. The first-order valence-corrected chi connectivity index (χ1v) is 0.548. The van der Waals surface area contributed by atoms with Crippen LogP contribution in [0.3, 0.4) is 0 Å². The van der Waals surface area contributed by atoms with Gasteiger partial charge in [0, 0.05) is 0 Å². The van der Waals surface area contributed by atoms with Gasteiger partial charge >= 0.3 is 18.9 Å². The molecule has 0 unspecified atom stereocenters. The Hall–Kier alpha value is -0.323. The van der Waals surface area contributed by atoms with Crippen molar-refractivity contribution in [1.29, 1.82) is 0 Å². The van der Waals surface area contributed by atoms with Gasteiger partial charge in [-0.1, -0.05) is 0 Å². The van der Waals surface area contributed by atoms with Crippen LogP contribution in [0.1, 0.15) is 0 Å². The van der Waals surface area contributed by atoms with Crippen LogP contribution in [-0.4, -0.2) is 21.5 Å². The van der Waals surface area contributed by atoms with Crippen LogP contribution in [-0.2, 0) is 0 Å². The van der Waals surface area contributed by atoms with E-state index in [2.05, 4.69) is 0 Å². The Morgan fingerprint density at radius 2 is 1.00 bits per heavy atom. The fourth-order valence-corrected chi connectivity index (χ4v) is 0. The molecule has 48 valence electrons. The fraction of sp³-hybridized carbons (Fsp3) is 0. The minimum atomic E-state index is -1.75. The van der Waals surface area contributed by atoms with Crippen molar-refractivity contribution in [2.45, 2.75) is 0 Å². The third kappa shape index (κ3) is 1190. The maximum absolute atomic E-state index is 8.25. The molecule has 6 N–H and O–H groups in total. The molecule has 8 heteroatoms. The van der Waals surface area contributed by atoms with Crippen molar-refractivity contribution in [3.63, 3.8) is 0 Å². The van der Waals surface area contributed by atoms with Crippen LogP contribution in [0, 0.1) is 15.3 Å². The molecule has 0 aromatic heterocycles. The summed E-state index contributed by atoms with van der Waals surface area (Å²) in [5.41, 5.74) is 0. The van der Waals surface area contributed by atoms with Crippen molar-refractivity contribution in [2.24, 2.45) is 0 Å². The number of nitrogens with zero attached hydrogens (tertiary/aromatic N) is 1. The molecule has 7 nitrogen and oxygen atoms in total. The molecule has 0 radical (unpaired) electrons. The normalized spacial score (nSPS) is 3.00. The molecular weight excluding hydrogens is 117 g/mol. The van der Waals surface area contributed by atoms with Crippen LogP contribution in [0.5, 0.6) is 0 Å². The Labute approximate surface area is 56.5 Å². The quantitative estimate of drug-likeness (QED) is 0.178. The number of rotatable bonds is 0. The van der Waals surface area contributed by atoms with Gasteiger partial charge in [0.1, 0.15) is 0 Å². The molecule has 0 aromatic carbocycles. The second kappa shape index (κ2) is 30.0. The van der Waals surface area contributed by atoms with E-state index >= 15 is 0 Å². The summed E-state index contributed by atoms with van der Waals surface area (Å²) < 4.78 is 0. The monoisotopic (exact) mass is 123 g/mol. The molecule has 0 bridgehead atoms. The molecular formula is H6LiNO6. The van der Waals surface area contributed by atoms with E-state index in [0.29, 0.717) is 0 Å². The van der Waals surface area contributed by atoms with E-state index in [1.165, 1.54) is 0 Å². The van der Waals surface area contributed by atoms with Gasteiger partial charge in [-0.05, 0) is 0 Å². The summed E-state index contributed by atoms with van der Waals surface area (Å²) in [5, 5.41) is 14.8. The van der Waals surface area contributed by atoms with Crippen LogP contribution >= 0.6 is 0 Å². The Kier molecular flexibility index (Phi) is 179. The first kappa shape index (κ1) is 47.8. The zero-order valence-corrected chi connectivity index (χ0v) is 4.17. The van der Waals surface area contributed by atoms with E-state index in [1.807, 2.05) is 0 Å². The van der Waals surface area contributed by atoms with E-state index in [-0.39, 0.29) is 35.3 Å². The summed E-state index contributed by atoms with van der Waals surface area (Å²) in [6.45, 7) is 0. The van der Waals surface area contributed by atoms with Crippen molar-refractivity contribution in [1.82, 2.24) is 0 Å². The van der Waals surface area contributed by atoms with Crippen LogP contribution in [0.2, 0.25) is 0 Å². The topological polar surface area (TPSA) is 161 Å². The number of hydrogen-bond donors (Lipinski definition) is 0. The fourth-order valence-electron chi connectivity index (χ4n) is 0. The van der Waals surface area contributed by atoms with Crippen LogP contribution in [0.4, 0.5) is 0 Å². The maximum atomic E-state index is 8.25. The van der Waals surface area contributed by atoms with Crippen LogP contribution < -0.4 is 18.9 Å². The summed E-state index contributed by atoms with van der Waals surface area (Å²) in [6.07, 6.45) is 0. The minimum absolute atomic E-state index is 0. The van der Waals surface area contributed by atoms with E-state index in [1.54, 1.807) is 0 Å². The van der Waals surface area contributed by atoms with E-state index in [9.17, 15) is 0 Å². The first-order valence-electron chi connectivity index (χ1n) is 0.548. The molecule has 8 heavy (non-hydrogen) atoms. The summed E-state index contributed by atoms with van der Waals surface area (Å²) in [5.74, 6) is 0. The second-order valence-electron chi connectivity index (χ2n) is 0.224. The third-order valence-corrected chi connectivity index (χ3v) is 0. The molecule has 0 fully saturated rings. The Bertz CT molecular complexity index is 31.5. The van der Waals surface area contributed by atoms with Crippen LogP contribution in [0.15, 0.2) is 0 Å². The van der Waals surface area contributed by atoms with Gasteiger partial charge in [-0.25, -0.2) is 0 Å². The first-order chi connectivity index (χ1) is 1.73. The zero-order chi connectivity index (χ0) is 3.58. The van der Waals surface area contributed by atoms with Gasteiger partial charge in [0.05, 0.1) is 5.09 Å². The van der Waals surface area contributed by atoms with Crippen molar-refractivity contribution in [3.8, 4) is 0 Å². The third-order valence-electron chi connectivity index (χ3n) is 0. The molecule has 0 rings (SSSR count). The smallest absolute Gasteiger partial charge is 0.412 e. The molecule has 0 heterocycles. The zero-order valence-electron chi connectivity index (χ0n) is 4.17. The Morgan fingerprint density at radius 1 is 1.00 bits per heavy atom. The Morgan fingerprint density at radius 3 is 1.00 bits per heavy atom. The van der Waals surface area contributed by atoms with Gasteiger partial charge < -0.3 is 31.8 Å². The van der Waals surface area contributed by atoms with Gasteiger partial charge in [0.25, 0.3) is 0 Å². The van der Waals surface area contributed by atoms with Crippen molar-refractivity contribution < 1.29 is 40.4 Å². The molecule has 0 aliphatic heterocycles. The molecule has 0 aliphatic carbocycles. The van der Waals surface area contributed by atoms with Gasteiger partial charge in [-0.3, -0.25) is 0 Å². The second-order valence-corrected chi connectivity index (χ2v) is 0.224. The van der Waals surface area contributed by atoms with Gasteiger partial charge in [-0.15, -0.1) is 0 Å².